The Hall–Kier alpha value is -4.24. The third-order valence-corrected chi connectivity index (χ3v) is 10.6. The number of benzene rings is 3. The van der Waals surface area contributed by atoms with Gasteiger partial charge in [-0.3, -0.25) is 14.4 Å². The van der Waals surface area contributed by atoms with Gasteiger partial charge >= 0.3 is 0 Å². The van der Waals surface area contributed by atoms with Crippen LogP contribution in [-0.2, 0) is 19.1 Å². The van der Waals surface area contributed by atoms with Gasteiger partial charge in [-0.05, 0) is 97.2 Å². The van der Waals surface area contributed by atoms with E-state index >= 15 is 0 Å². The van der Waals surface area contributed by atoms with Crippen LogP contribution in [0.5, 0.6) is 0 Å². The van der Waals surface area contributed by atoms with Gasteiger partial charge in [0.05, 0.1) is 25.2 Å². The van der Waals surface area contributed by atoms with Gasteiger partial charge in [0.1, 0.15) is 12.4 Å². The molecular formula is C43H52ClN3O5. The van der Waals surface area contributed by atoms with E-state index in [0.717, 1.165) is 39.9 Å². The van der Waals surface area contributed by atoms with E-state index in [2.05, 4.69) is 74.0 Å². The molecule has 1 heterocycles. The van der Waals surface area contributed by atoms with Crippen LogP contribution in [-0.4, -0.2) is 62.7 Å². The minimum atomic E-state index is -0.696. The average Bonchev–Trinajstić information content (AvgIpc) is 3.12. The number of ketones is 1. The van der Waals surface area contributed by atoms with Crippen LogP contribution in [0.4, 0.5) is 5.69 Å². The van der Waals surface area contributed by atoms with E-state index in [4.69, 9.17) is 21.1 Å². The molecule has 9 heteroatoms. The molecule has 2 aliphatic rings. The van der Waals surface area contributed by atoms with Crippen molar-refractivity contribution in [1.82, 2.24) is 10.6 Å². The summed E-state index contributed by atoms with van der Waals surface area (Å²) < 4.78 is 11.1. The number of amides is 2. The highest BCUT2D eigenvalue weighted by molar-refractivity contribution is 6.30. The lowest BCUT2D eigenvalue weighted by Gasteiger charge is -2.43. The van der Waals surface area contributed by atoms with Crippen LogP contribution in [0, 0.1) is 10.8 Å². The molecule has 0 saturated heterocycles. The van der Waals surface area contributed by atoms with Crippen molar-refractivity contribution in [2.24, 2.45) is 10.8 Å². The maximum atomic E-state index is 13.6. The first-order valence-electron chi connectivity index (χ1n) is 18.2. The number of nitrogens with one attached hydrogen (secondary N) is 3. The van der Waals surface area contributed by atoms with E-state index in [9.17, 15) is 14.4 Å². The number of Topliss-reactive ketones (excluding diaryl/α,β-unsaturated/α-hetero) is 1. The second kappa shape index (κ2) is 17.1. The Morgan fingerprint density at radius 3 is 2.38 bits per heavy atom. The Morgan fingerprint density at radius 1 is 0.981 bits per heavy atom. The first-order valence-corrected chi connectivity index (χ1v) is 18.6. The van der Waals surface area contributed by atoms with Crippen molar-refractivity contribution in [3.05, 3.63) is 107 Å². The standard InChI is InChI=1S/C43H52ClN3O5/c1-28-25-38(43(30(3)48)19-17-32(18-20-43)31-11-14-34(44)15-12-31)37-26-33(13-16-39(37)46-28)35-9-7-8-10-36(35)41(50)45-21-22-51-23-24-52-27-40(49)47-29(2)42(4,5)6/h7-19,26,28-29,38,46H,20-25,27H2,1-6H3,(H,45,50)(H,47,49)/t28?,29-,38?,43?/m0/s1. The maximum Gasteiger partial charge on any atom is 0.251 e. The Balaban J connectivity index is 1.23. The van der Waals surface area contributed by atoms with Gasteiger partial charge < -0.3 is 25.4 Å². The molecule has 1 aliphatic heterocycles. The molecule has 276 valence electrons. The van der Waals surface area contributed by atoms with Gasteiger partial charge in [-0.1, -0.05) is 87.0 Å². The van der Waals surface area contributed by atoms with Crippen molar-refractivity contribution in [3.8, 4) is 11.1 Å². The molecule has 3 aromatic carbocycles. The number of fused-ring (bicyclic) bond motifs is 1. The molecule has 1 aliphatic carbocycles. The molecular weight excluding hydrogens is 674 g/mol. The largest absolute Gasteiger partial charge is 0.382 e. The van der Waals surface area contributed by atoms with Crippen molar-refractivity contribution >= 4 is 40.5 Å². The van der Waals surface area contributed by atoms with Crippen LogP contribution in [0.1, 0.15) is 81.8 Å². The molecule has 3 aromatic rings. The molecule has 0 fully saturated rings. The summed E-state index contributed by atoms with van der Waals surface area (Å²) in [5.41, 5.74) is 5.79. The lowest BCUT2D eigenvalue weighted by molar-refractivity contribution is -0.127. The van der Waals surface area contributed by atoms with Crippen molar-refractivity contribution < 1.29 is 23.9 Å². The second-order valence-electron chi connectivity index (χ2n) is 15.1. The summed E-state index contributed by atoms with van der Waals surface area (Å²) in [6.45, 7) is 13.3. The topological polar surface area (TPSA) is 106 Å². The fraction of sp³-hybridized carbons (Fsp3) is 0.419. The zero-order valence-corrected chi connectivity index (χ0v) is 31.9. The number of carbonyl (C=O) groups is 3. The number of allylic oxidation sites excluding steroid dienone is 4. The summed E-state index contributed by atoms with van der Waals surface area (Å²) >= 11 is 6.13. The normalized spacial score (nSPS) is 20.2. The van der Waals surface area contributed by atoms with Gasteiger partial charge in [-0.2, -0.15) is 0 Å². The number of hydrogen-bond acceptors (Lipinski definition) is 6. The highest BCUT2D eigenvalue weighted by atomic mass is 35.5. The van der Waals surface area contributed by atoms with E-state index in [1.807, 2.05) is 61.5 Å². The van der Waals surface area contributed by atoms with Crippen LogP contribution in [0.2, 0.25) is 5.02 Å². The molecule has 5 rings (SSSR count). The smallest absolute Gasteiger partial charge is 0.251 e. The van der Waals surface area contributed by atoms with Crippen molar-refractivity contribution in [3.63, 3.8) is 0 Å². The van der Waals surface area contributed by atoms with Gasteiger partial charge in [-0.15, -0.1) is 0 Å². The van der Waals surface area contributed by atoms with Crippen molar-refractivity contribution in [2.75, 3.05) is 38.3 Å². The van der Waals surface area contributed by atoms with Crippen LogP contribution < -0.4 is 16.0 Å². The summed E-state index contributed by atoms with van der Waals surface area (Å²) in [4.78, 5) is 39.2. The number of carbonyl (C=O) groups excluding carboxylic acids is 3. The summed E-state index contributed by atoms with van der Waals surface area (Å²) in [7, 11) is 0. The minimum absolute atomic E-state index is 0.0232. The number of anilines is 1. The van der Waals surface area contributed by atoms with Crippen LogP contribution in [0.25, 0.3) is 16.7 Å². The SMILES string of the molecule is CC(=O)C1(C2CC(C)Nc3ccc(-c4ccccc4C(=O)NCCOCCOCC(=O)N[C@@H](C)C(C)(C)C)cc32)C=CC(c2ccc(Cl)cc2)=CC1. The predicted octanol–water partition coefficient (Wildman–Crippen LogP) is 8.23. The summed E-state index contributed by atoms with van der Waals surface area (Å²) in [5.74, 6) is -0.274. The monoisotopic (exact) mass is 725 g/mol. The third kappa shape index (κ3) is 9.40. The molecule has 0 spiro atoms. The maximum absolute atomic E-state index is 13.6. The van der Waals surface area contributed by atoms with E-state index in [0.29, 0.717) is 36.8 Å². The first kappa shape index (κ1) is 39.0. The summed E-state index contributed by atoms with van der Waals surface area (Å²) in [5, 5.41) is 10.2. The Bertz CT molecular complexity index is 1810. The number of hydrogen-bond donors (Lipinski definition) is 3. The van der Waals surface area contributed by atoms with E-state index < -0.39 is 5.41 Å². The van der Waals surface area contributed by atoms with Gasteiger partial charge in [0.15, 0.2) is 0 Å². The molecule has 3 N–H and O–H groups in total. The number of ether oxygens (including phenoxy) is 2. The lowest BCUT2D eigenvalue weighted by Crippen LogP contribution is -2.43. The number of halogens is 1. The van der Waals surface area contributed by atoms with E-state index in [1.165, 1.54) is 0 Å². The molecule has 0 bridgehead atoms. The average molecular weight is 726 g/mol. The molecule has 52 heavy (non-hydrogen) atoms. The predicted molar refractivity (Wildman–Crippen MR) is 210 cm³/mol. The third-order valence-electron chi connectivity index (χ3n) is 10.4. The van der Waals surface area contributed by atoms with Gasteiger partial charge in [-0.25, -0.2) is 0 Å². The minimum Gasteiger partial charge on any atom is -0.382 e. The Kier molecular flexibility index (Phi) is 12.8. The van der Waals surface area contributed by atoms with Crippen LogP contribution in [0.15, 0.2) is 85.0 Å². The van der Waals surface area contributed by atoms with Crippen molar-refractivity contribution in [1.29, 1.82) is 0 Å². The van der Waals surface area contributed by atoms with Gasteiger partial charge in [0.2, 0.25) is 5.91 Å². The fourth-order valence-electron chi connectivity index (χ4n) is 6.87. The van der Waals surface area contributed by atoms with Crippen LogP contribution >= 0.6 is 11.6 Å². The molecule has 4 atom stereocenters. The fourth-order valence-corrected chi connectivity index (χ4v) is 6.99. The van der Waals surface area contributed by atoms with Crippen LogP contribution in [0.3, 0.4) is 0 Å². The van der Waals surface area contributed by atoms with Gasteiger partial charge in [0, 0.05) is 40.8 Å². The number of rotatable bonds is 14. The van der Waals surface area contributed by atoms with E-state index in [-0.39, 0.29) is 54.2 Å². The zero-order valence-electron chi connectivity index (χ0n) is 31.2. The summed E-state index contributed by atoms with van der Waals surface area (Å²) in [6.07, 6.45) is 7.75. The highest BCUT2D eigenvalue weighted by Crippen LogP contribution is 2.52. The quantitative estimate of drug-likeness (QED) is 0.145. The lowest BCUT2D eigenvalue weighted by atomic mass is 9.62. The summed E-state index contributed by atoms with van der Waals surface area (Å²) in [6, 6.07) is 21.8. The molecule has 8 nitrogen and oxygen atoms in total. The second-order valence-corrected chi connectivity index (χ2v) is 15.5. The molecule has 0 radical (unpaired) electrons. The molecule has 3 unspecified atom stereocenters. The molecule has 0 saturated carbocycles. The molecule has 0 aromatic heterocycles. The first-order chi connectivity index (χ1) is 24.8. The highest BCUT2D eigenvalue weighted by Gasteiger charge is 2.45. The van der Waals surface area contributed by atoms with Gasteiger partial charge in [0.25, 0.3) is 5.91 Å². The van der Waals surface area contributed by atoms with Crippen molar-refractivity contribution in [2.45, 2.75) is 72.4 Å². The molecule has 2 amide bonds. The Morgan fingerprint density at radius 2 is 1.69 bits per heavy atom. The Labute approximate surface area is 313 Å². The zero-order chi connectivity index (χ0) is 37.5. The van der Waals surface area contributed by atoms with E-state index in [1.54, 1.807) is 6.92 Å².